The van der Waals surface area contributed by atoms with E-state index in [9.17, 15) is 9.59 Å². The van der Waals surface area contributed by atoms with Crippen LogP contribution in [-0.4, -0.2) is 66.0 Å². The van der Waals surface area contributed by atoms with Gasteiger partial charge < -0.3 is 15.1 Å². The first-order valence-corrected chi connectivity index (χ1v) is 9.17. The standard InChI is InChI=1S/C18H29N5O2/c1-4-6-8-18(20-21-18)9-7-16(24)23(5-2)15(3)14-17(25)22-12-10-19-11-13-22/h1,15,19H,5-14H2,2-3H3. The molecule has 7 heteroatoms. The molecule has 0 aromatic heterocycles. The van der Waals surface area contributed by atoms with Crippen LogP contribution in [0.1, 0.15) is 46.0 Å². The molecule has 2 amide bonds. The molecular weight excluding hydrogens is 318 g/mol. The third-order valence-corrected chi connectivity index (χ3v) is 4.92. The van der Waals surface area contributed by atoms with Gasteiger partial charge >= 0.3 is 0 Å². The molecule has 1 atom stereocenters. The Morgan fingerprint density at radius 2 is 2.00 bits per heavy atom. The smallest absolute Gasteiger partial charge is 0.224 e. The van der Waals surface area contributed by atoms with Crippen LogP contribution in [0.5, 0.6) is 0 Å². The second-order valence-corrected chi connectivity index (χ2v) is 6.75. The maximum Gasteiger partial charge on any atom is 0.224 e. The van der Waals surface area contributed by atoms with Crippen molar-refractivity contribution in [2.24, 2.45) is 10.2 Å². The second-order valence-electron chi connectivity index (χ2n) is 6.75. The zero-order chi connectivity index (χ0) is 18.3. The van der Waals surface area contributed by atoms with Gasteiger partial charge in [-0.1, -0.05) is 0 Å². The van der Waals surface area contributed by atoms with Crippen LogP contribution in [0.2, 0.25) is 0 Å². The highest BCUT2D eigenvalue weighted by Gasteiger charge is 2.39. The summed E-state index contributed by atoms with van der Waals surface area (Å²) in [6.45, 7) is 7.65. The predicted molar refractivity (Wildman–Crippen MR) is 95.8 cm³/mol. The molecule has 2 aliphatic heterocycles. The Kier molecular flexibility index (Phi) is 6.94. The first kappa shape index (κ1) is 19.4. The van der Waals surface area contributed by atoms with Gasteiger partial charge in [-0.05, 0) is 13.8 Å². The van der Waals surface area contributed by atoms with Crippen LogP contribution < -0.4 is 5.32 Å². The molecule has 0 bridgehead atoms. The van der Waals surface area contributed by atoms with Gasteiger partial charge in [0, 0.05) is 70.9 Å². The van der Waals surface area contributed by atoms with E-state index in [0.717, 1.165) is 26.2 Å². The van der Waals surface area contributed by atoms with Gasteiger partial charge in [0.15, 0.2) is 5.66 Å². The predicted octanol–water partition coefficient (Wildman–Crippen LogP) is 1.40. The molecule has 1 fully saturated rings. The summed E-state index contributed by atoms with van der Waals surface area (Å²) in [5.41, 5.74) is -0.429. The lowest BCUT2D eigenvalue weighted by molar-refractivity contribution is -0.137. The van der Waals surface area contributed by atoms with Crippen LogP contribution in [0, 0.1) is 12.3 Å². The summed E-state index contributed by atoms with van der Waals surface area (Å²) >= 11 is 0. The van der Waals surface area contributed by atoms with Gasteiger partial charge in [-0.3, -0.25) is 9.59 Å². The minimum atomic E-state index is -0.429. The molecule has 7 nitrogen and oxygen atoms in total. The number of nitrogens with zero attached hydrogens (tertiary/aromatic N) is 4. The number of piperazine rings is 1. The van der Waals surface area contributed by atoms with Crippen LogP contribution in [0.25, 0.3) is 0 Å². The average molecular weight is 347 g/mol. The van der Waals surface area contributed by atoms with E-state index in [1.165, 1.54) is 0 Å². The fourth-order valence-corrected chi connectivity index (χ4v) is 3.26. The number of carbonyl (C=O) groups excluding carboxylic acids is 2. The molecule has 138 valence electrons. The summed E-state index contributed by atoms with van der Waals surface area (Å²) in [4.78, 5) is 28.7. The first-order chi connectivity index (χ1) is 12.0. The largest absolute Gasteiger partial charge is 0.340 e. The highest BCUT2D eigenvalue weighted by atomic mass is 16.2. The van der Waals surface area contributed by atoms with Crippen LogP contribution in [0.4, 0.5) is 0 Å². The fraction of sp³-hybridized carbons (Fsp3) is 0.778. The van der Waals surface area contributed by atoms with Crippen molar-refractivity contribution in [3.63, 3.8) is 0 Å². The Morgan fingerprint density at radius 3 is 2.56 bits per heavy atom. The van der Waals surface area contributed by atoms with E-state index in [1.54, 1.807) is 4.90 Å². The van der Waals surface area contributed by atoms with Gasteiger partial charge in [-0.25, -0.2) is 0 Å². The maximum atomic E-state index is 12.6. The van der Waals surface area contributed by atoms with Crippen molar-refractivity contribution in [1.82, 2.24) is 15.1 Å². The van der Waals surface area contributed by atoms with Gasteiger partial charge in [-0.15, -0.1) is 12.3 Å². The summed E-state index contributed by atoms with van der Waals surface area (Å²) in [6.07, 6.45) is 7.97. The molecule has 1 N–H and O–H groups in total. The van der Waals surface area contributed by atoms with Crippen LogP contribution >= 0.6 is 0 Å². The first-order valence-electron chi connectivity index (χ1n) is 9.17. The van der Waals surface area contributed by atoms with Gasteiger partial charge in [0.1, 0.15) is 0 Å². The molecule has 25 heavy (non-hydrogen) atoms. The van der Waals surface area contributed by atoms with Crippen molar-refractivity contribution in [2.45, 2.75) is 57.7 Å². The molecule has 0 radical (unpaired) electrons. The highest BCUT2D eigenvalue weighted by Crippen LogP contribution is 2.37. The average Bonchev–Trinajstić information content (AvgIpc) is 3.40. The van der Waals surface area contributed by atoms with E-state index in [1.807, 2.05) is 18.7 Å². The lowest BCUT2D eigenvalue weighted by atomic mass is 10.0. The van der Waals surface area contributed by atoms with Crippen LogP contribution in [-0.2, 0) is 9.59 Å². The lowest BCUT2D eigenvalue weighted by Gasteiger charge is -2.32. The summed E-state index contributed by atoms with van der Waals surface area (Å²) in [5, 5.41) is 11.4. The van der Waals surface area contributed by atoms with Crippen molar-refractivity contribution in [2.75, 3.05) is 32.7 Å². The fourth-order valence-electron chi connectivity index (χ4n) is 3.26. The summed E-state index contributed by atoms with van der Waals surface area (Å²) in [5.74, 6) is 2.77. The number of nitrogens with one attached hydrogen (secondary N) is 1. The molecular formula is C18H29N5O2. The number of hydrogen-bond donors (Lipinski definition) is 1. The van der Waals surface area contributed by atoms with Crippen molar-refractivity contribution < 1.29 is 9.59 Å². The SMILES string of the molecule is C#CCCC1(CCC(=O)N(CC)C(C)CC(=O)N2CCNCC2)N=N1. The number of rotatable bonds is 9. The van der Waals surface area contributed by atoms with Crippen LogP contribution in [0.3, 0.4) is 0 Å². The zero-order valence-corrected chi connectivity index (χ0v) is 15.3. The summed E-state index contributed by atoms with van der Waals surface area (Å²) < 4.78 is 0. The normalized spacial score (nSPS) is 19.2. The van der Waals surface area contributed by atoms with Crippen LogP contribution in [0.15, 0.2) is 10.2 Å². The van der Waals surface area contributed by atoms with Crippen molar-refractivity contribution in [1.29, 1.82) is 0 Å². The van der Waals surface area contributed by atoms with Gasteiger partial charge in [0.2, 0.25) is 11.8 Å². The Morgan fingerprint density at radius 1 is 1.32 bits per heavy atom. The highest BCUT2D eigenvalue weighted by molar-refractivity contribution is 5.80. The number of hydrogen-bond acceptors (Lipinski definition) is 5. The Bertz CT molecular complexity index is 542. The van der Waals surface area contributed by atoms with Gasteiger partial charge in [0.05, 0.1) is 0 Å². The molecule has 0 aromatic rings. The molecule has 0 spiro atoms. The third-order valence-electron chi connectivity index (χ3n) is 4.92. The summed E-state index contributed by atoms with van der Waals surface area (Å²) in [6, 6.07) is -0.102. The maximum absolute atomic E-state index is 12.6. The van der Waals surface area contributed by atoms with Gasteiger partial charge in [-0.2, -0.15) is 10.2 Å². The molecule has 2 rings (SSSR count). The van der Waals surface area contributed by atoms with E-state index in [2.05, 4.69) is 21.5 Å². The van der Waals surface area contributed by atoms with Gasteiger partial charge in [0.25, 0.3) is 0 Å². The third kappa shape index (κ3) is 5.53. The number of terminal acetylenes is 1. The minimum absolute atomic E-state index is 0.0560. The molecule has 0 aromatic carbocycles. The monoisotopic (exact) mass is 347 g/mol. The molecule has 2 heterocycles. The molecule has 1 unspecified atom stereocenters. The Labute approximate surface area is 150 Å². The quantitative estimate of drug-likeness (QED) is 0.641. The topological polar surface area (TPSA) is 77.4 Å². The van der Waals surface area contributed by atoms with Crippen molar-refractivity contribution in [3.8, 4) is 12.3 Å². The zero-order valence-electron chi connectivity index (χ0n) is 15.3. The van der Waals surface area contributed by atoms with Crippen molar-refractivity contribution >= 4 is 11.8 Å². The minimum Gasteiger partial charge on any atom is -0.340 e. The number of amides is 2. The van der Waals surface area contributed by atoms with E-state index < -0.39 is 5.66 Å². The van der Waals surface area contributed by atoms with E-state index >= 15 is 0 Å². The second kappa shape index (κ2) is 8.95. The summed E-state index contributed by atoms with van der Waals surface area (Å²) in [7, 11) is 0. The van der Waals surface area contributed by atoms with E-state index in [0.29, 0.717) is 38.6 Å². The molecule has 0 aliphatic carbocycles. The lowest BCUT2D eigenvalue weighted by Crippen LogP contribution is -2.48. The van der Waals surface area contributed by atoms with E-state index in [4.69, 9.17) is 6.42 Å². The van der Waals surface area contributed by atoms with E-state index in [-0.39, 0.29) is 17.9 Å². The Balaban J connectivity index is 1.80. The molecule has 1 saturated heterocycles. The molecule has 0 saturated carbocycles. The Hall–Kier alpha value is -1.94. The molecule has 2 aliphatic rings. The number of carbonyl (C=O) groups is 2. The van der Waals surface area contributed by atoms with Crippen molar-refractivity contribution in [3.05, 3.63) is 0 Å².